The number of carbonyl (C=O) groups is 2. The zero-order valence-corrected chi connectivity index (χ0v) is 18.9. The lowest BCUT2D eigenvalue weighted by molar-refractivity contribution is -0.120. The van der Waals surface area contributed by atoms with Gasteiger partial charge in [-0.15, -0.1) is 0 Å². The van der Waals surface area contributed by atoms with Crippen molar-refractivity contribution in [2.75, 3.05) is 5.32 Å². The molecule has 1 fully saturated rings. The van der Waals surface area contributed by atoms with E-state index in [1.54, 1.807) is 12.1 Å². The maximum Gasteiger partial charge on any atom is 0.271 e. The minimum atomic E-state index is -0.268. The number of hydrazone groups is 1. The lowest BCUT2D eigenvalue weighted by Gasteiger charge is -2.20. The highest BCUT2D eigenvalue weighted by Crippen LogP contribution is 2.25. The second kappa shape index (κ2) is 10.7. The van der Waals surface area contributed by atoms with E-state index in [0.29, 0.717) is 11.3 Å². The Balaban J connectivity index is 1.37. The Hall–Kier alpha value is -3.73. The van der Waals surface area contributed by atoms with Crippen LogP contribution < -0.4 is 10.7 Å². The molecule has 1 aliphatic rings. The lowest BCUT2D eigenvalue weighted by atomic mass is 9.88. The minimum Gasteiger partial charge on any atom is -0.326 e. The van der Waals surface area contributed by atoms with Gasteiger partial charge in [0.1, 0.15) is 0 Å². The molecule has 0 saturated heterocycles. The van der Waals surface area contributed by atoms with Crippen LogP contribution in [-0.4, -0.2) is 17.5 Å². The number of hydrogen-bond donors (Lipinski definition) is 2. The van der Waals surface area contributed by atoms with Crippen LogP contribution in [0.5, 0.6) is 0 Å². The number of hydrogen-bond acceptors (Lipinski definition) is 3. The second-order valence-corrected chi connectivity index (χ2v) is 8.49. The Morgan fingerprint density at radius 2 is 1.48 bits per heavy atom. The molecular weight excluding hydrogens is 410 g/mol. The molecule has 2 amide bonds. The molecular formula is C28H29N3O2. The van der Waals surface area contributed by atoms with E-state index in [0.717, 1.165) is 48.1 Å². The quantitative estimate of drug-likeness (QED) is 0.364. The minimum absolute atomic E-state index is 0.0914. The highest BCUT2D eigenvalue weighted by molar-refractivity contribution is 6.02. The van der Waals surface area contributed by atoms with Crippen molar-refractivity contribution < 1.29 is 9.59 Å². The van der Waals surface area contributed by atoms with Gasteiger partial charge in [0.2, 0.25) is 5.91 Å². The molecule has 0 aliphatic heterocycles. The fraction of sp³-hybridized carbons (Fsp3) is 0.250. The van der Waals surface area contributed by atoms with E-state index >= 15 is 0 Å². The standard InChI is InChI=1S/C28H29N3O2/c1-20(25-13-8-14-26(19-25)29-27(32)23-11-6-3-7-12-23)30-31-28(33)24-17-15-22(16-18-24)21-9-4-2-5-10-21/h2,4-5,8-10,13-19,23H,3,6-7,11-12H2,1H3,(H,29,32)(H,31,33). The number of benzene rings is 3. The van der Waals surface area contributed by atoms with Crippen molar-refractivity contribution in [3.8, 4) is 11.1 Å². The summed E-state index contributed by atoms with van der Waals surface area (Å²) >= 11 is 0. The van der Waals surface area contributed by atoms with Crippen LogP contribution in [0.4, 0.5) is 5.69 Å². The van der Waals surface area contributed by atoms with Gasteiger partial charge in [0.25, 0.3) is 5.91 Å². The van der Waals surface area contributed by atoms with Gasteiger partial charge in [-0.05, 0) is 60.7 Å². The van der Waals surface area contributed by atoms with E-state index in [1.807, 2.05) is 73.7 Å². The molecule has 0 atom stereocenters. The van der Waals surface area contributed by atoms with Gasteiger partial charge in [-0.25, -0.2) is 5.43 Å². The Morgan fingerprint density at radius 1 is 0.788 bits per heavy atom. The number of carbonyl (C=O) groups excluding carboxylic acids is 2. The van der Waals surface area contributed by atoms with Crippen molar-refractivity contribution in [2.24, 2.45) is 11.0 Å². The van der Waals surface area contributed by atoms with Gasteiger partial charge < -0.3 is 5.32 Å². The third-order valence-electron chi connectivity index (χ3n) is 6.10. The maximum atomic E-state index is 12.5. The van der Waals surface area contributed by atoms with E-state index in [2.05, 4.69) is 15.8 Å². The number of nitrogens with one attached hydrogen (secondary N) is 2. The smallest absolute Gasteiger partial charge is 0.271 e. The Bertz CT molecular complexity index is 1130. The van der Waals surface area contributed by atoms with Gasteiger partial charge >= 0.3 is 0 Å². The van der Waals surface area contributed by atoms with Crippen LogP contribution in [0.2, 0.25) is 0 Å². The van der Waals surface area contributed by atoms with Crippen molar-refractivity contribution in [2.45, 2.75) is 39.0 Å². The van der Waals surface area contributed by atoms with E-state index in [9.17, 15) is 9.59 Å². The fourth-order valence-electron chi connectivity index (χ4n) is 4.14. The first kappa shape index (κ1) is 22.5. The summed E-state index contributed by atoms with van der Waals surface area (Å²) in [5, 5.41) is 7.30. The number of rotatable bonds is 6. The zero-order valence-electron chi connectivity index (χ0n) is 18.9. The van der Waals surface area contributed by atoms with Crippen LogP contribution in [0.3, 0.4) is 0 Å². The molecule has 1 aliphatic carbocycles. The molecule has 168 valence electrons. The summed E-state index contributed by atoms with van der Waals surface area (Å²) in [6.45, 7) is 1.83. The summed E-state index contributed by atoms with van der Waals surface area (Å²) in [4.78, 5) is 25.1. The van der Waals surface area contributed by atoms with Gasteiger partial charge in [-0.3, -0.25) is 9.59 Å². The predicted octanol–water partition coefficient (Wildman–Crippen LogP) is 6.03. The van der Waals surface area contributed by atoms with Crippen molar-refractivity contribution >= 4 is 23.2 Å². The largest absolute Gasteiger partial charge is 0.326 e. The van der Waals surface area contributed by atoms with Crippen LogP contribution in [0, 0.1) is 5.92 Å². The molecule has 0 unspecified atom stereocenters. The molecule has 2 N–H and O–H groups in total. The monoisotopic (exact) mass is 439 g/mol. The van der Waals surface area contributed by atoms with Crippen LogP contribution in [0.1, 0.15) is 54.9 Å². The van der Waals surface area contributed by atoms with Crippen LogP contribution in [0.15, 0.2) is 84.0 Å². The molecule has 0 aromatic heterocycles. The van der Waals surface area contributed by atoms with Crippen LogP contribution in [-0.2, 0) is 4.79 Å². The first-order valence-electron chi connectivity index (χ1n) is 11.5. The predicted molar refractivity (Wildman–Crippen MR) is 133 cm³/mol. The van der Waals surface area contributed by atoms with Crippen molar-refractivity contribution in [3.05, 3.63) is 90.0 Å². The molecule has 0 spiro atoms. The molecule has 3 aromatic rings. The van der Waals surface area contributed by atoms with E-state index in [4.69, 9.17) is 0 Å². The Kier molecular flexibility index (Phi) is 7.30. The maximum absolute atomic E-state index is 12.5. The van der Waals surface area contributed by atoms with Gasteiger partial charge in [0.15, 0.2) is 0 Å². The van der Waals surface area contributed by atoms with E-state index < -0.39 is 0 Å². The third kappa shape index (κ3) is 5.95. The first-order valence-corrected chi connectivity index (χ1v) is 11.5. The summed E-state index contributed by atoms with van der Waals surface area (Å²) in [5.41, 5.74) is 7.59. The summed E-state index contributed by atoms with van der Waals surface area (Å²) in [6.07, 6.45) is 5.39. The topological polar surface area (TPSA) is 70.6 Å². The molecule has 0 heterocycles. The molecule has 5 heteroatoms. The highest BCUT2D eigenvalue weighted by Gasteiger charge is 2.21. The van der Waals surface area contributed by atoms with Gasteiger partial charge in [0.05, 0.1) is 5.71 Å². The summed E-state index contributed by atoms with van der Waals surface area (Å²) in [6, 6.07) is 25.0. The Labute approximate surface area is 194 Å². The highest BCUT2D eigenvalue weighted by atomic mass is 16.2. The fourth-order valence-corrected chi connectivity index (χ4v) is 4.14. The number of nitrogens with zero attached hydrogens (tertiary/aromatic N) is 1. The van der Waals surface area contributed by atoms with Gasteiger partial charge in [0, 0.05) is 17.2 Å². The number of amides is 2. The molecule has 4 rings (SSSR count). The summed E-state index contributed by atoms with van der Waals surface area (Å²) in [7, 11) is 0. The molecule has 0 bridgehead atoms. The SMILES string of the molecule is CC(=NNC(=O)c1ccc(-c2ccccc2)cc1)c1cccc(NC(=O)C2CCCCC2)c1. The third-order valence-corrected chi connectivity index (χ3v) is 6.10. The van der Waals surface area contributed by atoms with Crippen molar-refractivity contribution in [1.82, 2.24) is 5.43 Å². The second-order valence-electron chi connectivity index (χ2n) is 8.49. The molecule has 1 saturated carbocycles. The average Bonchev–Trinajstić information content (AvgIpc) is 2.88. The summed E-state index contributed by atoms with van der Waals surface area (Å²) < 4.78 is 0. The molecule has 0 radical (unpaired) electrons. The number of anilines is 1. The molecule has 33 heavy (non-hydrogen) atoms. The van der Waals surface area contributed by atoms with Crippen LogP contribution >= 0.6 is 0 Å². The first-order chi connectivity index (χ1) is 16.1. The summed E-state index contributed by atoms with van der Waals surface area (Å²) in [5.74, 6) is -0.0749. The van der Waals surface area contributed by atoms with Gasteiger partial charge in [-0.1, -0.05) is 73.9 Å². The zero-order chi connectivity index (χ0) is 23.0. The lowest BCUT2D eigenvalue weighted by Crippen LogP contribution is -2.24. The van der Waals surface area contributed by atoms with Gasteiger partial charge in [-0.2, -0.15) is 5.10 Å². The molecule has 3 aromatic carbocycles. The van der Waals surface area contributed by atoms with E-state index in [1.165, 1.54) is 6.42 Å². The molecule has 5 nitrogen and oxygen atoms in total. The van der Waals surface area contributed by atoms with E-state index in [-0.39, 0.29) is 17.7 Å². The van der Waals surface area contributed by atoms with Crippen LogP contribution in [0.25, 0.3) is 11.1 Å². The average molecular weight is 440 g/mol. The van der Waals surface area contributed by atoms with Crippen molar-refractivity contribution in [3.63, 3.8) is 0 Å². The van der Waals surface area contributed by atoms with Crippen molar-refractivity contribution in [1.29, 1.82) is 0 Å². The Morgan fingerprint density at radius 3 is 2.21 bits per heavy atom. The normalized spacial score (nSPS) is 14.5.